The molecule has 1 aliphatic rings. The lowest BCUT2D eigenvalue weighted by molar-refractivity contribution is 0.227. The number of hydrogen-bond acceptors (Lipinski definition) is 5. The predicted molar refractivity (Wildman–Crippen MR) is 57.6 cm³/mol. The fourth-order valence-corrected chi connectivity index (χ4v) is 1.43. The maximum absolute atomic E-state index is 5.65. The molecule has 82 valence electrons. The summed E-state index contributed by atoms with van der Waals surface area (Å²) in [5.74, 6) is 0.481. The highest BCUT2D eigenvalue weighted by Crippen LogP contribution is 2.24. The fraction of sp³-hybridized carbons (Fsp3) is 0.600. The first kappa shape index (κ1) is 10.2. The van der Waals surface area contributed by atoms with Gasteiger partial charge >= 0.3 is 0 Å². The Bertz CT molecular complexity index is 327. The van der Waals surface area contributed by atoms with Gasteiger partial charge in [0.1, 0.15) is 18.6 Å². The molecule has 1 aromatic rings. The normalized spacial score (nSPS) is 15.6. The summed E-state index contributed by atoms with van der Waals surface area (Å²) in [4.78, 5) is 10.1. The molecule has 0 atom stereocenters. The van der Waals surface area contributed by atoms with Gasteiger partial charge in [0.2, 0.25) is 5.88 Å². The molecule has 0 unspecified atom stereocenters. The third kappa shape index (κ3) is 2.79. The van der Waals surface area contributed by atoms with Crippen LogP contribution in [0.1, 0.15) is 12.8 Å². The Kier molecular flexibility index (Phi) is 3.01. The van der Waals surface area contributed by atoms with Gasteiger partial charge in [0.25, 0.3) is 0 Å². The Morgan fingerprint density at radius 1 is 1.60 bits per heavy atom. The van der Waals surface area contributed by atoms with E-state index in [-0.39, 0.29) is 0 Å². The molecule has 1 aromatic heterocycles. The zero-order valence-corrected chi connectivity index (χ0v) is 8.89. The molecule has 2 rings (SSSR count). The summed E-state index contributed by atoms with van der Waals surface area (Å²) in [7, 11) is 2.12. The molecule has 1 saturated carbocycles. The molecule has 1 fully saturated rings. The highest BCUT2D eigenvalue weighted by atomic mass is 16.5. The van der Waals surface area contributed by atoms with Crippen molar-refractivity contribution >= 4 is 5.69 Å². The molecule has 0 aliphatic heterocycles. The third-order valence-corrected chi connectivity index (χ3v) is 2.56. The molecule has 1 aliphatic carbocycles. The van der Waals surface area contributed by atoms with Crippen LogP contribution in [0, 0.1) is 0 Å². The summed E-state index contributed by atoms with van der Waals surface area (Å²) < 4.78 is 5.47. The van der Waals surface area contributed by atoms with Crippen molar-refractivity contribution < 1.29 is 4.74 Å². The van der Waals surface area contributed by atoms with Crippen molar-refractivity contribution in [2.45, 2.75) is 18.9 Å². The van der Waals surface area contributed by atoms with Gasteiger partial charge in [-0.05, 0) is 19.9 Å². The van der Waals surface area contributed by atoms with Gasteiger partial charge in [0.15, 0.2) is 0 Å². The van der Waals surface area contributed by atoms with Crippen LogP contribution < -0.4 is 10.5 Å². The van der Waals surface area contributed by atoms with Gasteiger partial charge in [-0.1, -0.05) is 0 Å². The molecule has 0 bridgehead atoms. The van der Waals surface area contributed by atoms with Crippen LogP contribution in [-0.2, 0) is 0 Å². The molecule has 0 amide bonds. The smallest absolute Gasteiger partial charge is 0.240 e. The number of rotatable bonds is 5. The SMILES string of the molecule is CN(CCOc1ncncc1N)C1CC1. The van der Waals surface area contributed by atoms with E-state index in [1.807, 2.05) is 0 Å². The Morgan fingerprint density at radius 3 is 3.07 bits per heavy atom. The highest BCUT2D eigenvalue weighted by molar-refractivity contribution is 5.44. The molecular weight excluding hydrogens is 192 g/mol. The molecule has 2 N–H and O–H groups in total. The van der Waals surface area contributed by atoms with Crippen molar-refractivity contribution in [1.29, 1.82) is 0 Å². The molecule has 5 nitrogen and oxygen atoms in total. The van der Waals surface area contributed by atoms with Crippen LogP contribution in [0.15, 0.2) is 12.5 Å². The van der Waals surface area contributed by atoms with Crippen LogP contribution in [0.4, 0.5) is 5.69 Å². The van der Waals surface area contributed by atoms with Crippen molar-refractivity contribution in [1.82, 2.24) is 14.9 Å². The summed E-state index contributed by atoms with van der Waals surface area (Å²) >= 11 is 0. The van der Waals surface area contributed by atoms with Crippen LogP contribution in [0.2, 0.25) is 0 Å². The van der Waals surface area contributed by atoms with Crippen LogP contribution in [-0.4, -0.2) is 41.1 Å². The lowest BCUT2D eigenvalue weighted by atomic mass is 10.5. The first-order valence-electron chi connectivity index (χ1n) is 5.16. The number of nitrogen functional groups attached to an aromatic ring is 1. The van der Waals surface area contributed by atoms with Crippen molar-refractivity contribution in [3.8, 4) is 5.88 Å². The minimum absolute atomic E-state index is 0.481. The van der Waals surface area contributed by atoms with Gasteiger partial charge in [-0.3, -0.25) is 0 Å². The number of hydrogen-bond donors (Lipinski definition) is 1. The largest absolute Gasteiger partial charge is 0.475 e. The lowest BCUT2D eigenvalue weighted by Gasteiger charge is -2.15. The molecule has 15 heavy (non-hydrogen) atoms. The minimum atomic E-state index is 0.481. The second kappa shape index (κ2) is 4.44. The molecule has 0 aromatic carbocycles. The number of nitrogens with zero attached hydrogens (tertiary/aromatic N) is 3. The Hall–Kier alpha value is -1.36. The Morgan fingerprint density at radius 2 is 2.40 bits per heavy atom. The van der Waals surface area contributed by atoms with Gasteiger partial charge < -0.3 is 15.4 Å². The number of nitrogens with two attached hydrogens (primary N) is 1. The second-order valence-electron chi connectivity index (χ2n) is 3.84. The summed E-state index contributed by atoms with van der Waals surface area (Å²) in [6.07, 6.45) is 5.61. The number of likely N-dealkylation sites (N-methyl/N-ethyl adjacent to an activating group) is 1. The zero-order chi connectivity index (χ0) is 10.7. The van der Waals surface area contributed by atoms with Gasteiger partial charge in [0, 0.05) is 12.6 Å². The highest BCUT2D eigenvalue weighted by Gasteiger charge is 2.25. The Labute approximate surface area is 89.3 Å². The summed E-state index contributed by atoms with van der Waals surface area (Å²) in [5, 5.41) is 0. The van der Waals surface area contributed by atoms with E-state index in [1.165, 1.54) is 19.2 Å². The standard InChI is InChI=1S/C10H16N4O/c1-14(8-2-3-8)4-5-15-10-9(11)6-12-7-13-10/h6-8H,2-5,11H2,1H3. The van der Waals surface area contributed by atoms with Crippen molar-refractivity contribution in [3.05, 3.63) is 12.5 Å². The molecule has 0 spiro atoms. The van der Waals surface area contributed by atoms with E-state index < -0.39 is 0 Å². The maximum Gasteiger partial charge on any atom is 0.240 e. The molecule has 1 heterocycles. The number of anilines is 1. The van der Waals surface area contributed by atoms with Gasteiger partial charge in [-0.2, -0.15) is 0 Å². The van der Waals surface area contributed by atoms with E-state index in [0.717, 1.165) is 12.6 Å². The van der Waals surface area contributed by atoms with Gasteiger partial charge in [-0.25, -0.2) is 9.97 Å². The number of ether oxygens (including phenoxy) is 1. The van der Waals surface area contributed by atoms with Gasteiger partial charge in [-0.15, -0.1) is 0 Å². The van der Waals surface area contributed by atoms with E-state index in [0.29, 0.717) is 18.2 Å². The molecular formula is C10H16N4O. The van der Waals surface area contributed by atoms with Crippen LogP contribution >= 0.6 is 0 Å². The van der Waals surface area contributed by atoms with Crippen LogP contribution in [0.25, 0.3) is 0 Å². The second-order valence-corrected chi connectivity index (χ2v) is 3.84. The summed E-state index contributed by atoms with van der Waals surface area (Å²) in [6.45, 7) is 1.53. The quantitative estimate of drug-likeness (QED) is 0.764. The van der Waals surface area contributed by atoms with Crippen LogP contribution in [0.3, 0.4) is 0 Å². The van der Waals surface area contributed by atoms with E-state index in [9.17, 15) is 0 Å². The van der Waals surface area contributed by atoms with E-state index in [1.54, 1.807) is 6.20 Å². The van der Waals surface area contributed by atoms with Crippen molar-refractivity contribution in [2.75, 3.05) is 25.9 Å². The summed E-state index contributed by atoms with van der Waals surface area (Å²) in [6, 6.07) is 0.761. The molecule has 0 radical (unpaired) electrons. The molecule has 0 saturated heterocycles. The van der Waals surface area contributed by atoms with E-state index >= 15 is 0 Å². The van der Waals surface area contributed by atoms with Crippen molar-refractivity contribution in [3.63, 3.8) is 0 Å². The summed E-state index contributed by atoms with van der Waals surface area (Å²) in [5.41, 5.74) is 6.14. The fourth-order valence-electron chi connectivity index (χ4n) is 1.43. The molecule has 5 heteroatoms. The van der Waals surface area contributed by atoms with Crippen LogP contribution in [0.5, 0.6) is 5.88 Å². The van der Waals surface area contributed by atoms with E-state index in [2.05, 4.69) is 21.9 Å². The average molecular weight is 208 g/mol. The van der Waals surface area contributed by atoms with E-state index in [4.69, 9.17) is 10.5 Å². The average Bonchev–Trinajstić information content (AvgIpc) is 3.04. The first-order chi connectivity index (χ1) is 7.27. The predicted octanol–water partition coefficient (Wildman–Crippen LogP) is 0.532. The maximum atomic E-state index is 5.65. The number of aromatic nitrogens is 2. The Balaban J connectivity index is 1.75. The lowest BCUT2D eigenvalue weighted by Crippen LogP contribution is -2.26. The minimum Gasteiger partial charge on any atom is -0.475 e. The van der Waals surface area contributed by atoms with Gasteiger partial charge in [0.05, 0.1) is 6.20 Å². The monoisotopic (exact) mass is 208 g/mol. The first-order valence-corrected chi connectivity index (χ1v) is 5.16. The zero-order valence-electron chi connectivity index (χ0n) is 8.89. The van der Waals surface area contributed by atoms with Crippen molar-refractivity contribution in [2.24, 2.45) is 0 Å². The third-order valence-electron chi connectivity index (χ3n) is 2.56. The topological polar surface area (TPSA) is 64.3 Å².